The van der Waals surface area contributed by atoms with E-state index < -0.39 is 17.6 Å². The number of halogens is 1. The third-order valence-electron chi connectivity index (χ3n) is 5.86. The van der Waals surface area contributed by atoms with E-state index >= 15 is 0 Å². The van der Waals surface area contributed by atoms with Gasteiger partial charge in [-0.25, -0.2) is 9.29 Å². The quantitative estimate of drug-likeness (QED) is 0.394. The maximum Gasteiger partial charge on any atom is 0.282 e. The first-order chi connectivity index (χ1) is 16.1. The minimum atomic E-state index is -0.449. The van der Waals surface area contributed by atoms with Gasteiger partial charge in [-0.1, -0.05) is 67.6 Å². The molecule has 4 nitrogen and oxygen atoms in total. The zero-order valence-corrected chi connectivity index (χ0v) is 18.0. The molecule has 4 aromatic rings. The highest BCUT2D eigenvalue weighted by atomic mass is 19.1. The van der Waals surface area contributed by atoms with E-state index in [1.165, 1.54) is 34.7 Å². The molecule has 5 rings (SSSR count). The van der Waals surface area contributed by atoms with Gasteiger partial charge < -0.3 is 5.32 Å². The Balaban J connectivity index is 1.63. The topological polar surface area (TPSA) is 49.4 Å². The van der Waals surface area contributed by atoms with E-state index in [0.717, 1.165) is 17.2 Å². The molecule has 162 valence electrons. The smallest absolute Gasteiger partial charge is 0.282 e. The molecule has 0 spiro atoms. The highest BCUT2D eigenvalue weighted by molar-refractivity contribution is 6.47. The second-order valence-corrected chi connectivity index (χ2v) is 7.88. The van der Waals surface area contributed by atoms with Crippen LogP contribution in [-0.4, -0.2) is 11.8 Å². The van der Waals surface area contributed by atoms with Crippen molar-refractivity contribution in [3.8, 4) is 0 Å². The molecule has 2 amide bonds. The van der Waals surface area contributed by atoms with Crippen molar-refractivity contribution in [2.45, 2.75) is 13.3 Å². The van der Waals surface area contributed by atoms with E-state index in [2.05, 4.69) is 12.2 Å². The zero-order valence-electron chi connectivity index (χ0n) is 18.0. The second-order valence-electron chi connectivity index (χ2n) is 7.88. The first kappa shape index (κ1) is 20.6. The van der Waals surface area contributed by atoms with Crippen molar-refractivity contribution >= 4 is 39.5 Å². The Bertz CT molecular complexity index is 1400. The van der Waals surface area contributed by atoms with Gasteiger partial charge in [0.15, 0.2) is 0 Å². The molecule has 1 N–H and O–H groups in total. The van der Waals surface area contributed by atoms with Gasteiger partial charge in [0, 0.05) is 11.1 Å². The summed E-state index contributed by atoms with van der Waals surface area (Å²) in [5.41, 5.74) is 3.24. The van der Waals surface area contributed by atoms with Gasteiger partial charge in [-0.2, -0.15) is 0 Å². The summed E-state index contributed by atoms with van der Waals surface area (Å²) >= 11 is 0. The zero-order chi connectivity index (χ0) is 22.9. The van der Waals surface area contributed by atoms with Crippen LogP contribution in [0.3, 0.4) is 0 Å². The summed E-state index contributed by atoms with van der Waals surface area (Å²) in [5, 5.41) is 4.88. The molecule has 0 aromatic heterocycles. The number of hydrogen-bond donors (Lipinski definition) is 1. The standard InChI is InChI=1S/C28H21FN2O2/c1-2-18-10-16-22(17-11-18)30-26-25(20-12-14-21(29)15-13-20)27(32)31(28(26)33)24-9-5-7-19-6-3-4-8-23(19)24/h3-17,30H,2H2,1H3. The van der Waals surface area contributed by atoms with Crippen molar-refractivity contribution in [1.82, 2.24) is 0 Å². The molecular formula is C28H21FN2O2. The number of nitrogens with one attached hydrogen (secondary N) is 1. The van der Waals surface area contributed by atoms with Gasteiger partial charge in [0.05, 0.1) is 11.3 Å². The summed E-state index contributed by atoms with van der Waals surface area (Å²) in [4.78, 5) is 28.5. The molecule has 0 fully saturated rings. The third kappa shape index (κ3) is 3.68. The number of aryl methyl sites for hydroxylation is 1. The van der Waals surface area contributed by atoms with Crippen LogP contribution in [0.1, 0.15) is 18.1 Å². The molecule has 4 aromatic carbocycles. The molecular weight excluding hydrogens is 415 g/mol. The Hall–Kier alpha value is -4.25. The molecule has 33 heavy (non-hydrogen) atoms. The van der Waals surface area contributed by atoms with Crippen LogP contribution < -0.4 is 10.2 Å². The Morgan fingerprint density at radius 3 is 2.21 bits per heavy atom. The molecule has 5 heteroatoms. The van der Waals surface area contributed by atoms with Gasteiger partial charge in [0.25, 0.3) is 11.8 Å². The largest absolute Gasteiger partial charge is 0.350 e. The number of fused-ring (bicyclic) bond motifs is 1. The van der Waals surface area contributed by atoms with Gasteiger partial charge in [0.2, 0.25) is 0 Å². The summed E-state index contributed by atoms with van der Waals surface area (Å²) < 4.78 is 13.6. The fourth-order valence-electron chi connectivity index (χ4n) is 4.12. The molecule has 1 heterocycles. The van der Waals surface area contributed by atoms with Crippen molar-refractivity contribution in [2.75, 3.05) is 10.2 Å². The lowest BCUT2D eigenvalue weighted by Gasteiger charge is -2.18. The minimum absolute atomic E-state index is 0.170. The molecule has 0 radical (unpaired) electrons. The monoisotopic (exact) mass is 436 g/mol. The van der Waals surface area contributed by atoms with E-state index in [4.69, 9.17) is 0 Å². The van der Waals surface area contributed by atoms with Crippen molar-refractivity contribution in [2.24, 2.45) is 0 Å². The van der Waals surface area contributed by atoms with E-state index in [1.807, 2.05) is 60.7 Å². The van der Waals surface area contributed by atoms with Crippen LogP contribution in [0, 0.1) is 5.82 Å². The van der Waals surface area contributed by atoms with Crippen LogP contribution >= 0.6 is 0 Å². The number of carbonyl (C=O) groups excluding carboxylic acids is 2. The first-order valence-electron chi connectivity index (χ1n) is 10.8. The molecule has 0 aliphatic carbocycles. The molecule has 1 aliphatic rings. The van der Waals surface area contributed by atoms with Crippen LogP contribution in [0.5, 0.6) is 0 Å². The number of carbonyl (C=O) groups is 2. The highest BCUT2D eigenvalue weighted by Gasteiger charge is 2.40. The van der Waals surface area contributed by atoms with Crippen LogP contribution in [0.25, 0.3) is 16.3 Å². The second kappa shape index (κ2) is 8.36. The number of nitrogens with zero attached hydrogens (tertiary/aromatic N) is 1. The normalized spacial score (nSPS) is 13.8. The fraction of sp³-hybridized carbons (Fsp3) is 0.0714. The lowest BCUT2D eigenvalue weighted by molar-refractivity contribution is -0.120. The van der Waals surface area contributed by atoms with Crippen molar-refractivity contribution in [1.29, 1.82) is 0 Å². The number of rotatable bonds is 5. The van der Waals surface area contributed by atoms with Gasteiger partial charge >= 0.3 is 0 Å². The highest BCUT2D eigenvalue weighted by Crippen LogP contribution is 2.37. The van der Waals surface area contributed by atoms with Crippen molar-refractivity contribution < 1.29 is 14.0 Å². The molecule has 0 saturated carbocycles. The maximum atomic E-state index is 13.7. The molecule has 0 atom stereocenters. The predicted octanol–water partition coefficient (Wildman–Crippen LogP) is 5.94. The fourth-order valence-corrected chi connectivity index (χ4v) is 4.12. The number of imide groups is 1. The molecule has 0 unspecified atom stereocenters. The Kier molecular flexibility index (Phi) is 5.23. The maximum absolute atomic E-state index is 13.7. The number of anilines is 2. The van der Waals surface area contributed by atoms with Crippen molar-refractivity contribution in [3.05, 3.63) is 114 Å². The van der Waals surface area contributed by atoms with Crippen LogP contribution in [0.2, 0.25) is 0 Å². The van der Waals surface area contributed by atoms with E-state index in [0.29, 0.717) is 16.9 Å². The van der Waals surface area contributed by atoms with Gasteiger partial charge in [-0.15, -0.1) is 0 Å². The molecule has 0 saturated heterocycles. The SMILES string of the molecule is CCc1ccc(NC2=C(c3ccc(F)cc3)C(=O)N(c3cccc4ccccc34)C2=O)cc1. The lowest BCUT2D eigenvalue weighted by atomic mass is 10.0. The van der Waals surface area contributed by atoms with Gasteiger partial charge in [-0.3, -0.25) is 9.59 Å². The van der Waals surface area contributed by atoms with E-state index in [9.17, 15) is 14.0 Å². The van der Waals surface area contributed by atoms with Gasteiger partial charge in [0.1, 0.15) is 11.5 Å². The minimum Gasteiger partial charge on any atom is -0.350 e. The van der Waals surface area contributed by atoms with E-state index in [-0.39, 0.29) is 11.3 Å². The average Bonchev–Trinajstić information content (AvgIpc) is 3.09. The summed E-state index contributed by atoms with van der Waals surface area (Å²) in [5.74, 6) is -1.31. The van der Waals surface area contributed by atoms with Crippen LogP contribution in [-0.2, 0) is 16.0 Å². The summed E-state index contributed by atoms with van der Waals surface area (Å²) in [6, 6.07) is 26.5. The number of hydrogen-bond acceptors (Lipinski definition) is 3. The van der Waals surface area contributed by atoms with Crippen molar-refractivity contribution in [3.63, 3.8) is 0 Å². The lowest BCUT2D eigenvalue weighted by Crippen LogP contribution is -2.32. The molecule has 0 bridgehead atoms. The predicted molar refractivity (Wildman–Crippen MR) is 129 cm³/mol. The van der Waals surface area contributed by atoms with Crippen LogP contribution in [0.15, 0.2) is 96.7 Å². The Morgan fingerprint density at radius 1 is 0.788 bits per heavy atom. The number of amides is 2. The van der Waals surface area contributed by atoms with Gasteiger partial charge in [-0.05, 0) is 53.3 Å². The third-order valence-corrected chi connectivity index (χ3v) is 5.86. The first-order valence-corrected chi connectivity index (χ1v) is 10.8. The summed E-state index contributed by atoms with van der Waals surface area (Å²) in [6.45, 7) is 2.07. The Morgan fingerprint density at radius 2 is 1.48 bits per heavy atom. The van der Waals surface area contributed by atoms with E-state index in [1.54, 1.807) is 6.07 Å². The summed E-state index contributed by atoms with van der Waals surface area (Å²) in [6.07, 6.45) is 0.899. The number of benzene rings is 4. The van der Waals surface area contributed by atoms with Crippen LogP contribution in [0.4, 0.5) is 15.8 Å². The Labute approximate surface area is 191 Å². The average molecular weight is 436 g/mol. The summed E-state index contributed by atoms with van der Waals surface area (Å²) in [7, 11) is 0. The molecule has 1 aliphatic heterocycles.